The van der Waals surface area contributed by atoms with E-state index in [-0.39, 0.29) is 24.4 Å². The van der Waals surface area contributed by atoms with Crippen LogP contribution < -0.4 is 5.73 Å². The highest BCUT2D eigenvalue weighted by Gasteiger charge is 2.47. The topological polar surface area (TPSA) is 35.2 Å². The van der Waals surface area contributed by atoms with Gasteiger partial charge in [-0.25, -0.2) is 8.78 Å². The van der Waals surface area contributed by atoms with Crippen LogP contribution in [0.2, 0.25) is 0 Å². The third-order valence-electron chi connectivity index (χ3n) is 4.00. The van der Waals surface area contributed by atoms with Crippen molar-refractivity contribution < 1.29 is 13.5 Å². The first-order chi connectivity index (χ1) is 7.08. The Morgan fingerprint density at radius 3 is 2.33 bits per heavy atom. The molecule has 0 aromatic carbocycles. The van der Waals surface area contributed by atoms with Crippen LogP contribution in [0.3, 0.4) is 0 Å². The van der Waals surface area contributed by atoms with E-state index in [0.29, 0.717) is 19.4 Å². The number of ether oxygens (including phenoxy) is 1. The smallest absolute Gasteiger partial charge is 0.248 e. The van der Waals surface area contributed by atoms with Crippen LogP contribution in [0.1, 0.15) is 38.5 Å². The first kappa shape index (κ1) is 11.3. The molecule has 0 radical (unpaired) electrons. The predicted molar refractivity (Wildman–Crippen MR) is 53.9 cm³/mol. The van der Waals surface area contributed by atoms with Gasteiger partial charge in [0.2, 0.25) is 5.92 Å². The fourth-order valence-corrected chi connectivity index (χ4v) is 2.83. The summed E-state index contributed by atoms with van der Waals surface area (Å²) >= 11 is 0. The number of alkyl halides is 2. The zero-order valence-corrected chi connectivity index (χ0v) is 8.98. The number of nitrogens with two attached hydrogens (primary N) is 1. The second-order valence-corrected chi connectivity index (χ2v) is 4.92. The molecular weight excluding hydrogens is 200 g/mol. The van der Waals surface area contributed by atoms with Gasteiger partial charge in [0, 0.05) is 31.4 Å². The zero-order chi connectivity index (χ0) is 10.9. The number of rotatable bonds is 2. The Bertz CT molecular complexity index is 217. The summed E-state index contributed by atoms with van der Waals surface area (Å²) in [5, 5.41) is 0. The average molecular weight is 219 g/mol. The quantitative estimate of drug-likeness (QED) is 0.773. The van der Waals surface area contributed by atoms with E-state index in [4.69, 9.17) is 10.5 Å². The maximum absolute atomic E-state index is 13.1. The lowest BCUT2D eigenvalue weighted by atomic mass is 9.68. The summed E-state index contributed by atoms with van der Waals surface area (Å²) in [6.45, 7) is 1.25. The van der Waals surface area contributed by atoms with Crippen LogP contribution in [-0.4, -0.2) is 25.2 Å². The van der Waals surface area contributed by atoms with Crippen LogP contribution in [-0.2, 0) is 4.74 Å². The molecule has 1 unspecified atom stereocenters. The highest BCUT2D eigenvalue weighted by molar-refractivity contribution is 4.96. The van der Waals surface area contributed by atoms with Crippen molar-refractivity contribution in [2.45, 2.75) is 50.6 Å². The molecule has 4 heteroatoms. The van der Waals surface area contributed by atoms with Crippen molar-refractivity contribution in [2.75, 3.05) is 13.2 Å². The van der Waals surface area contributed by atoms with Crippen LogP contribution in [0.25, 0.3) is 0 Å². The molecule has 1 atom stereocenters. The largest absolute Gasteiger partial charge is 0.378 e. The van der Waals surface area contributed by atoms with Gasteiger partial charge in [-0.15, -0.1) is 0 Å². The third-order valence-corrected chi connectivity index (χ3v) is 4.00. The van der Waals surface area contributed by atoms with Gasteiger partial charge in [0.25, 0.3) is 0 Å². The molecule has 2 fully saturated rings. The monoisotopic (exact) mass is 219 g/mol. The summed E-state index contributed by atoms with van der Waals surface area (Å²) in [4.78, 5) is 0. The van der Waals surface area contributed by atoms with Crippen molar-refractivity contribution in [1.82, 2.24) is 0 Å². The highest BCUT2D eigenvalue weighted by atomic mass is 19.3. The minimum Gasteiger partial charge on any atom is -0.378 e. The molecule has 0 aromatic heterocycles. The van der Waals surface area contributed by atoms with Crippen molar-refractivity contribution in [2.24, 2.45) is 11.1 Å². The van der Waals surface area contributed by atoms with E-state index < -0.39 is 5.92 Å². The molecule has 15 heavy (non-hydrogen) atoms. The lowest BCUT2D eigenvalue weighted by Gasteiger charge is -2.42. The first-order valence-corrected chi connectivity index (χ1v) is 5.78. The molecule has 1 heterocycles. The first-order valence-electron chi connectivity index (χ1n) is 5.78. The summed E-state index contributed by atoms with van der Waals surface area (Å²) in [6.07, 6.45) is 3.14. The van der Waals surface area contributed by atoms with Crippen LogP contribution in [0, 0.1) is 5.41 Å². The number of halogens is 2. The number of hydrogen-bond acceptors (Lipinski definition) is 2. The van der Waals surface area contributed by atoms with E-state index in [1.807, 2.05) is 0 Å². The summed E-state index contributed by atoms with van der Waals surface area (Å²) in [7, 11) is 0. The van der Waals surface area contributed by atoms with Crippen molar-refractivity contribution in [3.8, 4) is 0 Å². The predicted octanol–water partition coefficient (Wildman–Crippen LogP) is 2.32. The Morgan fingerprint density at radius 1 is 1.20 bits per heavy atom. The van der Waals surface area contributed by atoms with Gasteiger partial charge in [-0.2, -0.15) is 0 Å². The van der Waals surface area contributed by atoms with Crippen LogP contribution >= 0.6 is 0 Å². The Labute approximate surface area is 89.2 Å². The summed E-state index contributed by atoms with van der Waals surface area (Å²) in [6, 6.07) is 0. The molecule has 1 aliphatic heterocycles. The van der Waals surface area contributed by atoms with Crippen molar-refractivity contribution in [1.29, 1.82) is 0 Å². The summed E-state index contributed by atoms with van der Waals surface area (Å²) < 4.78 is 31.8. The van der Waals surface area contributed by atoms with Crippen LogP contribution in [0.15, 0.2) is 0 Å². The number of hydrogen-bond donors (Lipinski definition) is 1. The molecule has 1 saturated heterocycles. The van der Waals surface area contributed by atoms with Crippen molar-refractivity contribution >= 4 is 0 Å². The second-order valence-electron chi connectivity index (χ2n) is 4.92. The Balaban J connectivity index is 2.03. The SMILES string of the molecule is NCC1(C2CCCO2)CCC(F)(F)CC1. The van der Waals surface area contributed by atoms with Crippen LogP contribution in [0.5, 0.6) is 0 Å². The van der Waals surface area contributed by atoms with Gasteiger partial charge in [-0.3, -0.25) is 0 Å². The Morgan fingerprint density at radius 2 is 1.87 bits per heavy atom. The molecule has 2 aliphatic rings. The average Bonchev–Trinajstić information content (AvgIpc) is 2.72. The molecule has 2 nitrogen and oxygen atoms in total. The van der Waals surface area contributed by atoms with Gasteiger partial charge in [-0.05, 0) is 25.7 Å². The van der Waals surface area contributed by atoms with Crippen LogP contribution in [0.4, 0.5) is 8.78 Å². The van der Waals surface area contributed by atoms with Gasteiger partial charge in [0.1, 0.15) is 0 Å². The van der Waals surface area contributed by atoms with Gasteiger partial charge < -0.3 is 10.5 Å². The molecule has 0 amide bonds. The molecule has 1 aliphatic carbocycles. The molecule has 88 valence electrons. The molecule has 0 spiro atoms. The summed E-state index contributed by atoms with van der Waals surface area (Å²) in [5.74, 6) is -2.47. The Kier molecular flexibility index (Phi) is 2.99. The zero-order valence-electron chi connectivity index (χ0n) is 8.98. The molecule has 2 rings (SSSR count). The molecule has 0 aromatic rings. The molecule has 0 bridgehead atoms. The van der Waals surface area contributed by atoms with Gasteiger partial charge in [0.15, 0.2) is 0 Å². The van der Waals surface area contributed by atoms with Gasteiger partial charge >= 0.3 is 0 Å². The summed E-state index contributed by atoms with van der Waals surface area (Å²) in [5.41, 5.74) is 5.61. The van der Waals surface area contributed by atoms with Gasteiger partial charge in [-0.1, -0.05) is 0 Å². The lowest BCUT2D eigenvalue weighted by Crippen LogP contribution is -2.46. The minimum atomic E-state index is -2.47. The van der Waals surface area contributed by atoms with Crippen molar-refractivity contribution in [3.63, 3.8) is 0 Å². The third kappa shape index (κ3) is 2.16. The lowest BCUT2D eigenvalue weighted by molar-refractivity contribution is -0.101. The Hall–Kier alpha value is -0.220. The molecule has 2 N–H and O–H groups in total. The van der Waals surface area contributed by atoms with Gasteiger partial charge in [0.05, 0.1) is 6.10 Å². The second kappa shape index (κ2) is 3.98. The maximum atomic E-state index is 13.1. The molecule has 1 saturated carbocycles. The fraction of sp³-hybridized carbons (Fsp3) is 1.00. The van der Waals surface area contributed by atoms with E-state index >= 15 is 0 Å². The van der Waals surface area contributed by atoms with E-state index in [9.17, 15) is 8.78 Å². The normalized spacial score (nSPS) is 34.2. The van der Waals surface area contributed by atoms with E-state index in [0.717, 1.165) is 19.4 Å². The molecular formula is C11H19F2NO. The minimum absolute atomic E-state index is 0.0238. The van der Waals surface area contributed by atoms with Crippen molar-refractivity contribution in [3.05, 3.63) is 0 Å². The standard InChI is InChI=1S/C11H19F2NO/c12-11(13)5-3-10(8-14,4-6-11)9-2-1-7-15-9/h9H,1-8,14H2. The van der Waals surface area contributed by atoms with E-state index in [1.165, 1.54) is 0 Å². The fourth-order valence-electron chi connectivity index (χ4n) is 2.83. The maximum Gasteiger partial charge on any atom is 0.248 e. The van der Waals surface area contributed by atoms with E-state index in [2.05, 4.69) is 0 Å². The highest BCUT2D eigenvalue weighted by Crippen LogP contribution is 2.47. The van der Waals surface area contributed by atoms with E-state index in [1.54, 1.807) is 0 Å².